The Morgan fingerprint density at radius 3 is 2.72 bits per heavy atom. The number of methoxy groups -OCH3 is 1. The number of unbranched alkanes of at least 4 members (excludes halogenated alkanes) is 2. The van der Waals surface area contributed by atoms with Gasteiger partial charge in [-0.3, -0.25) is 0 Å². The summed E-state index contributed by atoms with van der Waals surface area (Å²) in [6.07, 6.45) is 3.55. The summed E-state index contributed by atoms with van der Waals surface area (Å²) >= 11 is 3.42. The highest BCUT2D eigenvalue weighted by Gasteiger charge is 2.09. The van der Waals surface area contributed by atoms with Crippen molar-refractivity contribution in [3.8, 4) is 5.75 Å². The second-order valence-corrected chi connectivity index (χ2v) is 5.21. The van der Waals surface area contributed by atoms with E-state index in [0.717, 1.165) is 18.3 Å². The van der Waals surface area contributed by atoms with E-state index in [4.69, 9.17) is 4.74 Å². The molecular weight excluding hydrogens is 297 g/mol. The Morgan fingerprint density at radius 2 is 2.06 bits per heavy atom. The van der Waals surface area contributed by atoms with Gasteiger partial charge in [-0.25, -0.2) is 4.39 Å². The Bertz CT molecular complexity index is 360. The lowest BCUT2D eigenvalue weighted by Gasteiger charge is -2.17. The zero-order chi connectivity index (χ0) is 13.4. The van der Waals surface area contributed by atoms with Crippen molar-refractivity contribution >= 4 is 15.9 Å². The molecule has 0 radical (unpaired) electrons. The largest absolute Gasteiger partial charge is 0.494 e. The third-order valence-corrected chi connectivity index (χ3v) is 3.44. The maximum Gasteiger partial charge on any atom is 0.169 e. The average molecular weight is 318 g/mol. The minimum Gasteiger partial charge on any atom is -0.494 e. The van der Waals surface area contributed by atoms with Gasteiger partial charge in [0.2, 0.25) is 0 Å². The van der Waals surface area contributed by atoms with Gasteiger partial charge in [-0.2, -0.15) is 0 Å². The molecule has 0 heterocycles. The minimum absolute atomic E-state index is 0.243. The Kier molecular flexibility index (Phi) is 7.28. The number of ether oxygens (including phenoxy) is 1. The van der Waals surface area contributed by atoms with E-state index in [1.54, 1.807) is 6.07 Å². The van der Waals surface area contributed by atoms with Crippen molar-refractivity contribution in [3.63, 3.8) is 0 Å². The van der Waals surface area contributed by atoms with Gasteiger partial charge in [-0.15, -0.1) is 0 Å². The van der Waals surface area contributed by atoms with Crippen LogP contribution in [0.25, 0.3) is 0 Å². The van der Waals surface area contributed by atoms with Crippen LogP contribution in [0, 0.1) is 5.82 Å². The highest BCUT2D eigenvalue weighted by molar-refractivity contribution is 9.09. The predicted octanol–water partition coefficient (Wildman–Crippen LogP) is 3.83. The van der Waals surface area contributed by atoms with Gasteiger partial charge in [-0.1, -0.05) is 34.5 Å². The Labute approximate surface area is 117 Å². The summed E-state index contributed by atoms with van der Waals surface area (Å²) in [6.45, 7) is 1.61. The number of benzene rings is 1. The van der Waals surface area contributed by atoms with Crippen molar-refractivity contribution in [2.75, 3.05) is 26.0 Å². The first-order valence-corrected chi connectivity index (χ1v) is 7.37. The molecule has 0 aliphatic carbocycles. The SMILES string of the molecule is COc1cccc(CN(C)CCCCCBr)c1F. The molecule has 1 rings (SSSR count). The lowest BCUT2D eigenvalue weighted by molar-refractivity contribution is 0.309. The van der Waals surface area contributed by atoms with Crippen LogP contribution in [0.2, 0.25) is 0 Å². The molecule has 0 fully saturated rings. The highest BCUT2D eigenvalue weighted by Crippen LogP contribution is 2.20. The fraction of sp³-hybridized carbons (Fsp3) is 0.571. The summed E-state index contributed by atoms with van der Waals surface area (Å²) in [5, 5.41) is 1.06. The summed E-state index contributed by atoms with van der Waals surface area (Å²) in [4.78, 5) is 2.14. The van der Waals surface area contributed by atoms with E-state index in [-0.39, 0.29) is 5.82 Å². The average Bonchev–Trinajstić information content (AvgIpc) is 2.37. The lowest BCUT2D eigenvalue weighted by Crippen LogP contribution is -2.20. The molecule has 0 spiro atoms. The first kappa shape index (κ1) is 15.4. The molecule has 0 saturated carbocycles. The number of hydrogen-bond acceptors (Lipinski definition) is 2. The maximum atomic E-state index is 13.9. The molecule has 2 nitrogen and oxygen atoms in total. The summed E-state index contributed by atoms with van der Waals surface area (Å²) in [5.41, 5.74) is 0.692. The summed E-state index contributed by atoms with van der Waals surface area (Å²) in [6, 6.07) is 5.29. The molecule has 0 N–H and O–H groups in total. The van der Waals surface area contributed by atoms with E-state index >= 15 is 0 Å². The summed E-state index contributed by atoms with van der Waals surface area (Å²) < 4.78 is 18.9. The second kappa shape index (κ2) is 8.48. The van der Waals surface area contributed by atoms with Gasteiger partial charge in [-0.05, 0) is 32.5 Å². The first-order chi connectivity index (χ1) is 8.69. The molecule has 0 unspecified atom stereocenters. The van der Waals surface area contributed by atoms with E-state index in [2.05, 4.69) is 20.8 Å². The zero-order valence-corrected chi connectivity index (χ0v) is 12.7. The van der Waals surface area contributed by atoms with E-state index in [9.17, 15) is 4.39 Å². The lowest BCUT2D eigenvalue weighted by atomic mass is 10.1. The second-order valence-electron chi connectivity index (χ2n) is 4.42. The Hall–Kier alpha value is -0.610. The number of alkyl halides is 1. The fourth-order valence-electron chi connectivity index (χ4n) is 1.86. The third-order valence-electron chi connectivity index (χ3n) is 2.88. The highest BCUT2D eigenvalue weighted by atomic mass is 79.9. The predicted molar refractivity (Wildman–Crippen MR) is 76.9 cm³/mol. The Morgan fingerprint density at radius 1 is 1.28 bits per heavy atom. The standard InChI is InChI=1S/C14H21BrFNO/c1-17(10-5-3-4-9-15)11-12-7-6-8-13(18-2)14(12)16/h6-8H,3-5,9-11H2,1-2H3. The molecule has 0 saturated heterocycles. The van der Waals surface area contributed by atoms with Crippen LogP contribution in [0.1, 0.15) is 24.8 Å². The van der Waals surface area contributed by atoms with E-state index in [1.165, 1.54) is 20.0 Å². The van der Waals surface area contributed by atoms with E-state index in [0.29, 0.717) is 17.9 Å². The fourth-order valence-corrected chi connectivity index (χ4v) is 2.26. The minimum atomic E-state index is -0.243. The van der Waals surface area contributed by atoms with Gasteiger partial charge in [0, 0.05) is 17.4 Å². The van der Waals surface area contributed by atoms with Gasteiger partial charge >= 0.3 is 0 Å². The van der Waals surface area contributed by atoms with Crippen LogP contribution in [-0.2, 0) is 6.54 Å². The van der Waals surface area contributed by atoms with Gasteiger partial charge in [0.25, 0.3) is 0 Å². The maximum absolute atomic E-state index is 13.9. The zero-order valence-electron chi connectivity index (χ0n) is 11.1. The van der Waals surface area contributed by atoms with E-state index < -0.39 is 0 Å². The number of halogens is 2. The summed E-state index contributed by atoms with van der Waals surface area (Å²) in [5.74, 6) is 0.0764. The van der Waals surface area contributed by atoms with Crippen molar-refractivity contribution in [2.45, 2.75) is 25.8 Å². The molecule has 0 atom stereocenters. The van der Waals surface area contributed by atoms with E-state index in [1.807, 2.05) is 19.2 Å². The van der Waals surface area contributed by atoms with Crippen LogP contribution in [0.4, 0.5) is 4.39 Å². The van der Waals surface area contributed by atoms with Crippen LogP contribution < -0.4 is 4.74 Å². The number of hydrogen-bond donors (Lipinski definition) is 0. The molecular formula is C14H21BrFNO. The molecule has 4 heteroatoms. The normalized spacial score (nSPS) is 10.9. The molecule has 0 aliphatic heterocycles. The number of nitrogens with zero attached hydrogens (tertiary/aromatic N) is 1. The van der Waals surface area contributed by atoms with Crippen molar-refractivity contribution in [2.24, 2.45) is 0 Å². The molecule has 0 aliphatic rings. The summed E-state index contributed by atoms with van der Waals surface area (Å²) in [7, 11) is 3.51. The van der Waals surface area contributed by atoms with Gasteiger partial charge in [0.15, 0.2) is 11.6 Å². The quantitative estimate of drug-likeness (QED) is 0.533. The first-order valence-electron chi connectivity index (χ1n) is 6.25. The topological polar surface area (TPSA) is 12.5 Å². The van der Waals surface area contributed by atoms with Gasteiger partial charge < -0.3 is 9.64 Å². The molecule has 0 bridgehead atoms. The molecule has 102 valence electrons. The van der Waals surface area contributed by atoms with Crippen molar-refractivity contribution in [3.05, 3.63) is 29.6 Å². The monoisotopic (exact) mass is 317 g/mol. The molecule has 1 aromatic carbocycles. The van der Waals surface area contributed by atoms with Gasteiger partial charge in [0.05, 0.1) is 7.11 Å². The van der Waals surface area contributed by atoms with Gasteiger partial charge in [0.1, 0.15) is 0 Å². The van der Waals surface area contributed by atoms with Crippen LogP contribution >= 0.6 is 15.9 Å². The molecule has 0 amide bonds. The molecule has 18 heavy (non-hydrogen) atoms. The van der Waals surface area contributed by atoms with Crippen molar-refractivity contribution < 1.29 is 9.13 Å². The van der Waals surface area contributed by atoms with Crippen LogP contribution in [0.5, 0.6) is 5.75 Å². The smallest absolute Gasteiger partial charge is 0.169 e. The Balaban J connectivity index is 2.46. The molecule has 1 aromatic rings. The number of rotatable bonds is 8. The van der Waals surface area contributed by atoms with Crippen LogP contribution in [0.3, 0.4) is 0 Å². The van der Waals surface area contributed by atoms with Crippen LogP contribution in [0.15, 0.2) is 18.2 Å². The van der Waals surface area contributed by atoms with Crippen molar-refractivity contribution in [1.29, 1.82) is 0 Å². The third kappa shape index (κ3) is 4.94. The van der Waals surface area contributed by atoms with Crippen LogP contribution in [-0.4, -0.2) is 30.9 Å². The molecule has 0 aromatic heterocycles. The van der Waals surface area contributed by atoms with Crippen molar-refractivity contribution in [1.82, 2.24) is 4.90 Å².